The lowest BCUT2D eigenvalue weighted by atomic mass is 9.84. The normalized spacial score (nSPS) is 44.7. The lowest BCUT2D eigenvalue weighted by molar-refractivity contribution is 0.300. The van der Waals surface area contributed by atoms with Crippen molar-refractivity contribution in [2.45, 2.75) is 52.4 Å². The smallest absolute Gasteiger partial charge is 0.0326 e. The summed E-state index contributed by atoms with van der Waals surface area (Å²) in [6, 6.07) is 0. The molecule has 11 heavy (non-hydrogen) atoms. The fourth-order valence-corrected chi connectivity index (χ4v) is 2.66. The fraction of sp³-hybridized carbons (Fsp3) is 1.00. The minimum Gasteiger partial charge on any atom is -0.0649 e. The van der Waals surface area contributed by atoms with E-state index in [1.54, 1.807) is 12.8 Å². The molecule has 0 amide bonds. The van der Waals surface area contributed by atoms with Crippen molar-refractivity contribution in [2.75, 3.05) is 0 Å². The van der Waals surface area contributed by atoms with Crippen molar-refractivity contribution >= 4 is 0 Å². The highest BCUT2D eigenvalue weighted by Gasteiger charge is 2.40. The maximum Gasteiger partial charge on any atom is -0.0326 e. The van der Waals surface area contributed by atoms with Crippen molar-refractivity contribution in [3.63, 3.8) is 0 Å². The molecule has 0 nitrogen and oxygen atoms in total. The molecule has 64 valence electrons. The third-order valence-corrected chi connectivity index (χ3v) is 4.02. The number of hydrogen-bond acceptors (Lipinski definition) is 0. The molecule has 2 rings (SSSR count). The molecule has 0 aromatic heterocycles. The molecule has 0 aliphatic heterocycles. The minimum absolute atomic E-state index is 0.729. The third kappa shape index (κ3) is 1.45. The first-order valence-electron chi connectivity index (χ1n) is 5.23. The molecule has 0 aromatic carbocycles. The van der Waals surface area contributed by atoms with E-state index in [2.05, 4.69) is 13.8 Å². The van der Waals surface area contributed by atoms with Gasteiger partial charge < -0.3 is 0 Å². The first kappa shape index (κ1) is 7.64. The largest absolute Gasteiger partial charge is 0.0649 e. The average Bonchev–Trinajstić information content (AvgIpc) is 2.77. The van der Waals surface area contributed by atoms with Crippen molar-refractivity contribution in [2.24, 2.45) is 17.3 Å². The van der Waals surface area contributed by atoms with Crippen molar-refractivity contribution in [1.82, 2.24) is 0 Å². The van der Waals surface area contributed by atoms with Gasteiger partial charge in [-0.2, -0.15) is 0 Å². The van der Waals surface area contributed by atoms with E-state index in [1.807, 2.05) is 0 Å². The van der Waals surface area contributed by atoms with E-state index < -0.39 is 0 Å². The Bertz CT molecular complexity index is 146. The van der Waals surface area contributed by atoms with Crippen LogP contribution >= 0.6 is 0 Å². The summed E-state index contributed by atoms with van der Waals surface area (Å²) in [6.45, 7) is 4.84. The Hall–Kier alpha value is 0. The molecule has 0 N–H and O–H groups in total. The Balaban J connectivity index is 1.91. The zero-order valence-electron chi connectivity index (χ0n) is 7.90. The van der Waals surface area contributed by atoms with E-state index >= 15 is 0 Å². The van der Waals surface area contributed by atoms with E-state index in [-0.39, 0.29) is 0 Å². The van der Waals surface area contributed by atoms with Gasteiger partial charge in [-0.3, -0.25) is 0 Å². The van der Waals surface area contributed by atoms with Crippen molar-refractivity contribution in [3.05, 3.63) is 0 Å². The SMILES string of the molecule is CCC1(C)CC[C@@H](C2CC2)C1. The summed E-state index contributed by atoms with van der Waals surface area (Å²) in [6.07, 6.45) is 9.07. The van der Waals surface area contributed by atoms with Crippen LogP contribution in [0.3, 0.4) is 0 Å². The van der Waals surface area contributed by atoms with Crippen LogP contribution in [0.1, 0.15) is 52.4 Å². The van der Waals surface area contributed by atoms with Crippen molar-refractivity contribution < 1.29 is 0 Å². The van der Waals surface area contributed by atoms with Crippen LogP contribution in [-0.2, 0) is 0 Å². The Kier molecular flexibility index (Phi) is 1.74. The number of rotatable bonds is 2. The quantitative estimate of drug-likeness (QED) is 0.567. The second-order valence-corrected chi connectivity index (χ2v) is 5.00. The molecule has 2 fully saturated rings. The van der Waals surface area contributed by atoms with Gasteiger partial charge in [0.2, 0.25) is 0 Å². The molecule has 2 aliphatic rings. The molecule has 0 saturated heterocycles. The molecule has 1 unspecified atom stereocenters. The first-order chi connectivity index (χ1) is 5.23. The molecular weight excluding hydrogens is 132 g/mol. The first-order valence-corrected chi connectivity index (χ1v) is 5.23. The van der Waals surface area contributed by atoms with Gasteiger partial charge >= 0.3 is 0 Å². The fourth-order valence-electron chi connectivity index (χ4n) is 2.66. The van der Waals surface area contributed by atoms with Crippen molar-refractivity contribution in [3.8, 4) is 0 Å². The Morgan fingerprint density at radius 1 is 1.18 bits per heavy atom. The minimum atomic E-state index is 0.729. The maximum atomic E-state index is 2.48. The van der Waals surface area contributed by atoms with E-state index in [1.165, 1.54) is 25.7 Å². The second kappa shape index (κ2) is 2.50. The van der Waals surface area contributed by atoms with Crippen LogP contribution < -0.4 is 0 Å². The van der Waals surface area contributed by atoms with Gasteiger partial charge in [-0.05, 0) is 49.4 Å². The van der Waals surface area contributed by atoms with Crippen LogP contribution in [0.2, 0.25) is 0 Å². The average molecular weight is 152 g/mol. The monoisotopic (exact) mass is 152 g/mol. The predicted molar refractivity (Wildman–Crippen MR) is 48.5 cm³/mol. The molecule has 0 bridgehead atoms. The molecule has 0 radical (unpaired) electrons. The zero-order chi connectivity index (χ0) is 7.90. The van der Waals surface area contributed by atoms with E-state index in [0.29, 0.717) is 0 Å². The highest BCUT2D eigenvalue weighted by Crippen LogP contribution is 2.52. The molecule has 0 aromatic rings. The number of hydrogen-bond donors (Lipinski definition) is 0. The van der Waals surface area contributed by atoms with Gasteiger partial charge in [0, 0.05) is 0 Å². The van der Waals surface area contributed by atoms with Gasteiger partial charge in [0.15, 0.2) is 0 Å². The van der Waals surface area contributed by atoms with Gasteiger partial charge in [-0.1, -0.05) is 20.3 Å². The summed E-state index contributed by atoms with van der Waals surface area (Å²) in [5.74, 6) is 2.28. The molecule has 2 saturated carbocycles. The molecule has 0 spiro atoms. The standard InChI is InChI=1S/C11H20/c1-3-11(2)7-6-10(8-11)9-4-5-9/h9-10H,3-8H2,1-2H3/t10-,11?/m1/s1. The van der Waals surface area contributed by atoms with E-state index in [9.17, 15) is 0 Å². The van der Waals surface area contributed by atoms with Gasteiger partial charge in [0.1, 0.15) is 0 Å². The molecule has 0 heterocycles. The summed E-state index contributed by atoms with van der Waals surface area (Å²) < 4.78 is 0. The maximum absolute atomic E-state index is 2.48. The summed E-state index contributed by atoms with van der Waals surface area (Å²) in [7, 11) is 0. The van der Waals surface area contributed by atoms with Gasteiger partial charge in [-0.15, -0.1) is 0 Å². The van der Waals surface area contributed by atoms with Crippen LogP contribution in [0.25, 0.3) is 0 Å². The summed E-state index contributed by atoms with van der Waals surface area (Å²) in [4.78, 5) is 0. The third-order valence-electron chi connectivity index (χ3n) is 4.02. The summed E-state index contributed by atoms with van der Waals surface area (Å²) >= 11 is 0. The predicted octanol–water partition coefficient (Wildman–Crippen LogP) is 3.61. The topological polar surface area (TPSA) is 0 Å². The van der Waals surface area contributed by atoms with Crippen molar-refractivity contribution in [1.29, 1.82) is 0 Å². The highest BCUT2D eigenvalue weighted by molar-refractivity contribution is 4.92. The zero-order valence-corrected chi connectivity index (χ0v) is 7.90. The highest BCUT2D eigenvalue weighted by atomic mass is 14.5. The van der Waals surface area contributed by atoms with Gasteiger partial charge in [0.25, 0.3) is 0 Å². The van der Waals surface area contributed by atoms with Crippen LogP contribution in [0.15, 0.2) is 0 Å². The van der Waals surface area contributed by atoms with Crippen LogP contribution in [0, 0.1) is 17.3 Å². The molecular formula is C11H20. The Labute approximate surface area is 70.4 Å². The Morgan fingerprint density at radius 2 is 1.91 bits per heavy atom. The van der Waals surface area contributed by atoms with Gasteiger partial charge in [0.05, 0.1) is 0 Å². The van der Waals surface area contributed by atoms with Gasteiger partial charge in [-0.25, -0.2) is 0 Å². The van der Waals surface area contributed by atoms with Crippen LogP contribution in [0.4, 0.5) is 0 Å². The van der Waals surface area contributed by atoms with Crippen LogP contribution in [0.5, 0.6) is 0 Å². The lowest BCUT2D eigenvalue weighted by Crippen LogP contribution is -2.10. The van der Waals surface area contributed by atoms with E-state index in [4.69, 9.17) is 0 Å². The summed E-state index contributed by atoms with van der Waals surface area (Å²) in [5, 5.41) is 0. The molecule has 2 aliphatic carbocycles. The Morgan fingerprint density at radius 3 is 2.36 bits per heavy atom. The molecule has 2 atom stereocenters. The summed E-state index contributed by atoms with van der Waals surface area (Å²) in [5.41, 5.74) is 0.729. The second-order valence-electron chi connectivity index (χ2n) is 5.00. The van der Waals surface area contributed by atoms with Crippen LogP contribution in [-0.4, -0.2) is 0 Å². The molecule has 0 heteroatoms. The van der Waals surface area contributed by atoms with E-state index in [0.717, 1.165) is 17.3 Å². The lowest BCUT2D eigenvalue weighted by Gasteiger charge is -2.21.